The standard InChI is InChI=1S/C23H14N2O5/c1-13-10-11-20(29-13)19-12-17(14-6-4-5-9-18(14)24-19)23(28)30-25-21(26)15-7-2-3-8-16(15)22(25)27/h2-12H,1H3. The fourth-order valence-electron chi connectivity index (χ4n) is 3.42. The van der Waals surface area contributed by atoms with Crippen molar-refractivity contribution in [2.24, 2.45) is 0 Å². The zero-order chi connectivity index (χ0) is 20.8. The molecular formula is C23H14N2O5. The monoisotopic (exact) mass is 398 g/mol. The molecule has 0 unspecified atom stereocenters. The molecule has 2 aromatic carbocycles. The minimum Gasteiger partial charge on any atom is -0.460 e. The highest BCUT2D eigenvalue weighted by Gasteiger charge is 2.39. The molecule has 3 heterocycles. The lowest BCUT2D eigenvalue weighted by Gasteiger charge is -2.14. The van der Waals surface area contributed by atoms with E-state index in [0.717, 1.165) is 0 Å². The van der Waals surface area contributed by atoms with Gasteiger partial charge in [0.25, 0.3) is 11.8 Å². The minimum absolute atomic E-state index is 0.168. The molecule has 0 radical (unpaired) electrons. The highest BCUT2D eigenvalue weighted by Crippen LogP contribution is 2.28. The SMILES string of the molecule is Cc1ccc(-c2cc(C(=O)ON3C(=O)c4ccccc4C3=O)c3ccccc3n2)o1. The largest absolute Gasteiger partial charge is 0.460 e. The van der Waals surface area contributed by atoms with Crippen LogP contribution in [-0.2, 0) is 4.84 Å². The number of para-hydroxylation sites is 1. The molecule has 5 rings (SSSR count). The number of benzene rings is 2. The summed E-state index contributed by atoms with van der Waals surface area (Å²) in [6, 6.07) is 18.4. The Morgan fingerprint density at radius 3 is 2.27 bits per heavy atom. The quantitative estimate of drug-likeness (QED) is 0.481. The van der Waals surface area contributed by atoms with Crippen LogP contribution in [0.15, 0.2) is 71.1 Å². The third-order valence-electron chi connectivity index (χ3n) is 4.86. The third-order valence-corrected chi connectivity index (χ3v) is 4.86. The molecule has 0 aliphatic carbocycles. The number of hydrogen-bond donors (Lipinski definition) is 0. The minimum atomic E-state index is -0.840. The number of aromatic nitrogens is 1. The van der Waals surface area contributed by atoms with E-state index in [0.29, 0.717) is 33.2 Å². The van der Waals surface area contributed by atoms with Crippen molar-refractivity contribution in [1.82, 2.24) is 10.0 Å². The lowest BCUT2D eigenvalue weighted by atomic mass is 10.1. The molecule has 0 fully saturated rings. The summed E-state index contributed by atoms with van der Waals surface area (Å²) in [6.45, 7) is 1.81. The second-order valence-electron chi connectivity index (χ2n) is 6.81. The number of fused-ring (bicyclic) bond motifs is 2. The second kappa shape index (κ2) is 6.66. The maximum atomic E-state index is 13.0. The van der Waals surface area contributed by atoms with Crippen molar-refractivity contribution >= 4 is 28.7 Å². The van der Waals surface area contributed by atoms with E-state index >= 15 is 0 Å². The molecule has 0 spiro atoms. The maximum absolute atomic E-state index is 13.0. The molecule has 0 N–H and O–H groups in total. The van der Waals surface area contributed by atoms with E-state index in [4.69, 9.17) is 9.25 Å². The van der Waals surface area contributed by atoms with Gasteiger partial charge >= 0.3 is 5.97 Å². The van der Waals surface area contributed by atoms with Crippen molar-refractivity contribution in [3.05, 3.63) is 89.2 Å². The molecule has 2 amide bonds. The number of aryl methyl sites for hydroxylation is 1. The van der Waals surface area contributed by atoms with Gasteiger partial charge in [-0.05, 0) is 43.3 Å². The Kier molecular flexibility index (Phi) is 3.96. The van der Waals surface area contributed by atoms with Crippen LogP contribution in [0, 0.1) is 6.92 Å². The predicted octanol–water partition coefficient (Wildman–Crippen LogP) is 4.17. The van der Waals surface area contributed by atoms with Crippen molar-refractivity contribution in [1.29, 1.82) is 0 Å². The first kappa shape index (κ1) is 17.8. The first-order chi connectivity index (χ1) is 14.5. The van der Waals surface area contributed by atoms with E-state index in [-0.39, 0.29) is 16.7 Å². The Bertz CT molecular complexity index is 1320. The van der Waals surface area contributed by atoms with Crippen LogP contribution in [0.2, 0.25) is 0 Å². The highest BCUT2D eigenvalue weighted by atomic mass is 16.7. The van der Waals surface area contributed by atoms with Crippen molar-refractivity contribution in [2.45, 2.75) is 6.92 Å². The van der Waals surface area contributed by atoms with Crippen molar-refractivity contribution in [3.63, 3.8) is 0 Å². The van der Waals surface area contributed by atoms with E-state index in [2.05, 4.69) is 4.98 Å². The summed E-state index contributed by atoms with van der Waals surface area (Å²) in [6.07, 6.45) is 0. The van der Waals surface area contributed by atoms with Crippen LogP contribution in [0.1, 0.15) is 36.8 Å². The Morgan fingerprint density at radius 1 is 0.933 bits per heavy atom. The van der Waals surface area contributed by atoms with Crippen LogP contribution in [-0.4, -0.2) is 27.8 Å². The summed E-state index contributed by atoms with van der Waals surface area (Å²) in [4.78, 5) is 47.9. The Morgan fingerprint density at radius 2 is 1.60 bits per heavy atom. The fraction of sp³-hybridized carbons (Fsp3) is 0.0435. The van der Waals surface area contributed by atoms with Gasteiger partial charge in [0.05, 0.1) is 22.2 Å². The van der Waals surface area contributed by atoms with Crippen LogP contribution in [0.3, 0.4) is 0 Å². The first-order valence-electron chi connectivity index (χ1n) is 9.19. The van der Waals surface area contributed by atoms with Crippen LogP contribution in [0.4, 0.5) is 0 Å². The summed E-state index contributed by atoms with van der Waals surface area (Å²) in [5.74, 6) is -0.996. The molecule has 146 valence electrons. The maximum Gasteiger partial charge on any atom is 0.364 e. The average molecular weight is 398 g/mol. The third kappa shape index (κ3) is 2.76. The van der Waals surface area contributed by atoms with E-state index in [1.807, 2.05) is 6.92 Å². The number of hydrogen-bond acceptors (Lipinski definition) is 6. The number of furan rings is 1. The van der Waals surface area contributed by atoms with E-state index in [1.165, 1.54) is 18.2 Å². The molecule has 30 heavy (non-hydrogen) atoms. The van der Waals surface area contributed by atoms with Crippen LogP contribution >= 0.6 is 0 Å². The predicted molar refractivity (Wildman–Crippen MR) is 107 cm³/mol. The zero-order valence-corrected chi connectivity index (χ0v) is 15.8. The summed E-state index contributed by atoms with van der Waals surface area (Å²) in [5, 5.41) is 1.03. The van der Waals surface area contributed by atoms with Crippen molar-refractivity contribution < 1.29 is 23.6 Å². The Balaban J connectivity index is 1.55. The molecular weight excluding hydrogens is 384 g/mol. The van der Waals surface area contributed by atoms with Crippen molar-refractivity contribution in [2.75, 3.05) is 0 Å². The number of amides is 2. The van der Waals surface area contributed by atoms with Gasteiger partial charge in [0.2, 0.25) is 0 Å². The normalized spacial score (nSPS) is 13.0. The lowest BCUT2D eigenvalue weighted by molar-refractivity contribution is -0.0583. The molecule has 1 aliphatic rings. The number of nitrogens with zero attached hydrogens (tertiary/aromatic N) is 2. The number of rotatable bonds is 3. The number of imide groups is 1. The van der Waals surface area contributed by atoms with Gasteiger partial charge in [-0.3, -0.25) is 9.59 Å². The number of hydroxylamine groups is 2. The van der Waals surface area contributed by atoms with Gasteiger partial charge in [-0.1, -0.05) is 35.4 Å². The van der Waals surface area contributed by atoms with E-state index < -0.39 is 17.8 Å². The van der Waals surface area contributed by atoms with E-state index in [1.54, 1.807) is 48.5 Å². The van der Waals surface area contributed by atoms with Gasteiger partial charge in [-0.15, -0.1) is 0 Å². The van der Waals surface area contributed by atoms with Gasteiger partial charge in [0.1, 0.15) is 11.5 Å². The first-order valence-corrected chi connectivity index (χ1v) is 9.19. The lowest BCUT2D eigenvalue weighted by Crippen LogP contribution is -2.32. The molecule has 1 aliphatic heterocycles. The summed E-state index contributed by atoms with van der Waals surface area (Å²) in [7, 11) is 0. The topological polar surface area (TPSA) is 89.7 Å². The van der Waals surface area contributed by atoms with Gasteiger partial charge < -0.3 is 9.25 Å². The molecule has 0 bridgehead atoms. The van der Waals surface area contributed by atoms with E-state index in [9.17, 15) is 14.4 Å². The van der Waals surface area contributed by atoms with Gasteiger partial charge in [-0.2, -0.15) is 0 Å². The van der Waals surface area contributed by atoms with Gasteiger partial charge in [0, 0.05) is 5.39 Å². The molecule has 4 aromatic rings. The zero-order valence-electron chi connectivity index (χ0n) is 15.8. The number of carbonyl (C=O) groups is 3. The number of carbonyl (C=O) groups excluding carboxylic acids is 3. The molecule has 7 heteroatoms. The fourth-order valence-corrected chi connectivity index (χ4v) is 3.42. The molecule has 0 atom stereocenters. The highest BCUT2D eigenvalue weighted by molar-refractivity contribution is 6.21. The summed E-state index contributed by atoms with van der Waals surface area (Å²) < 4.78 is 5.63. The molecule has 0 saturated carbocycles. The number of pyridine rings is 1. The molecule has 2 aromatic heterocycles. The van der Waals surface area contributed by atoms with Crippen LogP contribution in [0.25, 0.3) is 22.4 Å². The molecule has 7 nitrogen and oxygen atoms in total. The van der Waals surface area contributed by atoms with Crippen LogP contribution < -0.4 is 0 Å². The second-order valence-corrected chi connectivity index (χ2v) is 6.81. The van der Waals surface area contributed by atoms with Crippen molar-refractivity contribution in [3.8, 4) is 11.5 Å². The Labute approximate surface area is 170 Å². The van der Waals surface area contributed by atoms with Gasteiger partial charge in [0.15, 0.2) is 5.76 Å². The summed E-state index contributed by atoms with van der Waals surface area (Å²) >= 11 is 0. The van der Waals surface area contributed by atoms with Gasteiger partial charge in [-0.25, -0.2) is 9.78 Å². The summed E-state index contributed by atoms with van der Waals surface area (Å²) in [5.41, 5.74) is 1.55. The molecule has 0 saturated heterocycles. The average Bonchev–Trinajstić information content (AvgIpc) is 3.30. The smallest absolute Gasteiger partial charge is 0.364 e. The Hall–Kier alpha value is -4.26. The van der Waals surface area contributed by atoms with Crippen LogP contribution in [0.5, 0.6) is 0 Å².